The minimum absolute atomic E-state index is 0.108. The first-order chi connectivity index (χ1) is 8.20. The van der Waals surface area contributed by atoms with Crippen molar-refractivity contribution in [3.8, 4) is 6.07 Å². The molecule has 0 N–H and O–H groups in total. The summed E-state index contributed by atoms with van der Waals surface area (Å²) >= 11 is 0. The summed E-state index contributed by atoms with van der Waals surface area (Å²) in [6.45, 7) is 4.21. The second kappa shape index (κ2) is 5.01. The molecular formula is C16H17N. The summed E-state index contributed by atoms with van der Waals surface area (Å²) in [5.41, 5.74) is 1.25. The molecule has 2 aromatic carbocycles. The molecule has 0 saturated heterocycles. The van der Waals surface area contributed by atoms with Crippen LogP contribution in [-0.4, -0.2) is 0 Å². The summed E-state index contributed by atoms with van der Waals surface area (Å²) in [5.74, 6) is 0.516. The van der Waals surface area contributed by atoms with Gasteiger partial charge in [0.25, 0.3) is 0 Å². The number of nitriles is 1. The monoisotopic (exact) mass is 223 g/mol. The highest BCUT2D eigenvalue weighted by atomic mass is 14.3. The van der Waals surface area contributed by atoms with Crippen LogP contribution in [0.4, 0.5) is 0 Å². The Hall–Kier alpha value is -1.81. The highest BCUT2D eigenvalue weighted by Crippen LogP contribution is 2.20. The molecule has 1 atom stereocenters. The number of rotatable bonds is 3. The molecule has 2 rings (SSSR count). The van der Waals surface area contributed by atoms with Gasteiger partial charge in [-0.3, -0.25) is 0 Å². The molecule has 1 unspecified atom stereocenters. The van der Waals surface area contributed by atoms with E-state index in [1.165, 1.54) is 16.3 Å². The van der Waals surface area contributed by atoms with E-state index in [1.807, 2.05) is 6.07 Å². The van der Waals surface area contributed by atoms with E-state index in [-0.39, 0.29) is 5.92 Å². The lowest BCUT2D eigenvalue weighted by Gasteiger charge is -2.13. The Morgan fingerprint density at radius 3 is 2.41 bits per heavy atom. The first-order valence-corrected chi connectivity index (χ1v) is 6.08. The van der Waals surface area contributed by atoms with E-state index < -0.39 is 0 Å². The van der Waals surface area contributed by atoms with E-state index in [1.54, 1.807) is 0 Å². The third-order valence-electron chi connectivity index (χ3n) is 3.24. The van der Waals surface area contributed by atoms with Gasteiger partial charge in [0, 0.05) is 0 Å². The lowest BCUT2D eigenvalue weighted by molar-refractivity contribution is 0.474. The maximum absolute atomic E-state index is 9.12. The Balaban J connectivity index is 2.28. The van der Waals surface area contributed by atoms with E-state index in [9.17, 15) is 0 Å². The Morgan fingerprint density at radius 1 is 1.06 bits per heavy atom. The number of hydrogen-bond donors (Lipinski definition) is 0. The molecule has 0 saturated carbocycles. The first-order valence-electron chi connectivity index (χ1n) is 6.08. The summed E-state index contributed by atoms with van der Waals surface area (Å²) < 4.78 is 0. The molecule has 17 heavy (non-hydrogen) atoms. The van der Waals surface area contributed by atoms with Gasteiger partial charge in [0.1, 0.15) is 0 Å². The van der Waals surface area contributed by atoms with Crippen molar-refractivity contribution in [3.05, 3.63) is 48.0 Å². The zero-order chi connectivity index (χ0) is 12.3. The molecule has 0 fully saturated rings. The van der Waals surface area contributed by atoms with Gasteiger partial charge in [-0.1, -0.05) is 56.3 Å². The molecule has 2 aromatic rings. The molecule has 0 aliphatic rings. The zero-order valence-electron chi connectivity index (χ0n) is 10.4. The summed E-state index contributed by atoms with van der Waals surface area (Å²) in [4.78, 5) is 0. The third-order valence-corrected chi connectivity index (χ3v) is 3.24. The van der Waals surface area contributed by atoms with E-state index in [0.717, 1.165) is 6.42 Å². The Labute approximate surface area is 103 Å². The standard InChI is InChI=1S/C16H17N/c1-12(2)16(11-17)10-13-7-8-14-5-3-4-6-15(14)9-13/h3-9,12,16H,10H2,1-2H3. The second-order valence-electron chi connectivity index (χ2n) is 4.87. The predicted octanol–water partition coefficient (Wildman–Crippen LogP) is 4.18. The molecule has 0 aliphatic carbocycles. The second-order valence-corrected chi connectivity index (χ2v) is 4.87. The number of nitrogens with zero attached hydrogens (tertiary/aromatic N) is 1. The zero-order valence-corrected chi connectivity index (χ0v) is 10.4. The normalized spacial score (nSPS) is 12.6. The molecule has 86 valence electrons. The number of hydrogen-bond acceptors (Lipinski definition) is 1. The minimum Gasteiger partial charge on any atom is -0.198 e. The van der Waals surface area contributed by atoms with Crippen LogP contribution in [0, 0.1) is 23.2 Å². The fourth-order valence-corrected chi connectivity index (χ4v) is 2.05. The highest BCUT2D eigenvalue weighted by molar-refractivity contribution is 5.82. The van der Waals surface area contributed by atoms with Crippen molar-refractivity contribution in [2.75, 3.05) is 0 Å². The fourth-order valence-electron chi connectivity index (χ4n) is 2.05. The van der Waals surface area contributed by atoms with Gasteiger partial charge in [-0.15, -0.1) is 0 Å². The van der Waals surface area contributed by atoms with Crippen molar-refractivity contribution in [2.24, 2.45) is 11.8 Å². The van der Waals surface area contributed by atoms with Gasteiger partial charge in [0.05, 0.1) is 12.0 Å². The Morgan fingerprint density at radius 2 is 1.76 bits per heavy atom. The molecule has 0 spiro atoms. The van der Waals surface area contributed by atoms with Gasteiger partial charge in [-0.2, -0.15) is 5.26 Å². The summed E-state index contributed by atoms with van der Waals surface area (Å²) in [7, 11) is 0. The molecule has 0 bridgehead atoms. The van der Waals surface area contributed by atoms with E-state index in [2.05, 4.69) is 56.3 Å². The molecule has 0 aliphatic heterocycles. The minimum atomic E-state index is 0.108. The number of fused-ring (bicyclic) bond motifs is 1. The molecule has 1 heteroatoms. The van der Waals surface area contributed by atoms with Crippen molar-refractivity contribution in [2.45, 2.75) is 20.3 Å². The molecule has 0 aromatic heterocycles. The lowest BCUT2D eigenvalue weighted by Crippen LogP contribution is -2.09. The van der Waals surface area contributed by atoms with Crippen LogP contribution >= 0.6 is 0 Å². The van der Waals surface area contributed by atoms with E-state index in [4.69, 9.17) is 5.26 Å². The van der Waals surface area contributed by atoms with Crippen molar-refractivity contribution in [3.63, 3.8) is 0 Å². The van der Waals surface area contributed by atoms with Crippen LogP contribution in [0.2, 0.25) is 0 Å². The van der Waals surface area contributed by atoms with Crippen LogP contribution in [0.3, 0.4) is 0 Å². The molecular weight excluding hydrogens is 206 g/mol. The van der Waals surface area contributed by atoms with Crippen molar-refractivity contribution in [1.82, 2.24) is 0 Å². The van der Waals surface area contributed by atoms with E-state index >= 15 is 0 Å². The van der Waals surface area contributed by atoms with Crippen LogP contribution in [-0.2, 0) is 6.42 Å². The number of benzene rings is 2. The average Bonchev–Trinajstić information content (AvgIpc) is 2.35. The Bertz CT molecular complexity index is 549. The quantitative estimate of drug-likeness (QED) is 0.765. The highest BCUT2D eigenvalue weighted by Gasteiger charge is 2.12. The molecule has 0 amide bonds. The van der Waals surface area contributed by atoms with Gasteiger partial charge in [-0.05, 0) is 28.7 Å². The largest absolute Gasteiger partial charge is 0.198 e. The van der Waals surface area contributed by atoms with Crippen molar-refractivity contribution >= 4 is 10.8 Å². The predicted molar refractivity (Wildman–Crippen MR) is 71.6 cm³/mol. The third kappa shape index (κ3) is 2.65. The maximum atomic E-state index is 9.12. The summed E-state index contributed by atoms with van der Waals surface area (Å²) in [6, 6.07) is 17.2. The lowest BCUT2D eigenvalue weighted by atomic mass is 9.90. The molecule has 1 nitrogen and oxygen atoms in total. The molecule has 0 radical (unpaired) electrons. The van der Waals surface area contributed by atoms with Crippen LogP contribution in [0.5, 0.6) is 0 Å². The van der Waals surface area contributed by atoms with Crippen LogP contribution in [0.15, 0.2) is 42.5 Å². The van der Waals surface area contributed by atoms with Gasteiger partial charge < -0.3 is 0 Å². The first kappa shape index (κ1) is 11.7. The van der Waals surface area contributed by atoms with Gasteiger partial charge in [-0.25, -0.2) is 0 Å². The summed E-state index contributed by atoms with van der Waals surface area (Å²) in [5, 5.41) is 11.6. The van der Waals surface area contributed by atoms with Gasteiger partial charge in [0.2, 0.25) is 0 Å². The summed E-state index contributed by atoms with van der Waals surface area (Å²) in [6.07, 6.45) is 0.846. The fraction of sp³-hybridized carbons (Fsp3) is 0.312. The smallest absolute Gasteiger partial charge is 0.0661 e. The van der Waals surface area contributed by atoms with E-state index in [0.29, 0.717) is 5.92 Å². The van der Waals surface area contributed by atoms with Crippen molar-refractivity contribution < 1.29 is 0 Å². The Kier molecular flexibility index (Phi) is 3.44. The van der Waals surface area contributed by atoms with Gasteiger partial charge in [0.15, 0.2) is 0 Å². The van der Waals surface area contributed by atoms with Crippen molar-refractivity contribution in [1.29, 1.82) is 5.26 Å². The SMILES string of the molecule is CC(C)C(C#N)Cc1ccc2ccccc2c1. The van der Waals surface area contributed by atoms with Crippen LogP contribution in [0.1, 0.15) is 19.4 Å². The van der Waals surface area contributed by atoms with Crippen LogP contribution in [0.25, 0.3) is 10.8 Å². The van der Waals surface area contributed by atoms with Crippen LogP contribution < -0.4 is 0 Å². The molecule has 0 heterocycles. The maximum Gasteiger partial charge on any atom is 0.0661 e. The topological polar surface area (TPSA) is 23.8 Å². The van der Waals surface area contributed by atoms with Gasteiger partial charge >= 0.3 is 0 Å². The average molecular weight is 223 g/mol.